The summed E-state index contributed by atoms with van der Waals surface area (Å²) in [5.41, 5.74) is 6.03. The van der Waals surface area contributed by atoms with Gasteiger partial charge in [0.1, 0.15) is 0 Å². The van der Waals surface area contributed by atoms with Crippen molar-refractivity contribution in [3.05, 3.63) is 45.4 Å². The van der Waals surface area contributed by atoms with Gasteiger partial charge in [0.05, 0.1) is 11.9 Å². The lowest BCUT2D eigenvalue weighted by atomic mass is 10.1. The Morgan fingerprint density at radius 1 is 1.41 bits per heavy atom. The lowest BCUT2D eigenvalue weighted by Gasteiger charge is -1.99. The normalized spacial score (nSPS) is 11.0. The van der Waals surface area contributed by atoms with Crippen LogP contribution in [0.1, 0.15) is 16.8 Å². The first-order chi connectivity index (χ1) is 8.15. The van der Waals surface area contributed by atoms with Crippen molar-refractivity contribution in [1.29, 1.82) is 0 Å². The van der Waals surface area contributed by atoms with Crippen molar-refractivity contribution in [2.75, 3.05) is 5.43 Å². The van der Waals surface area contributed by atoms with E-state index in [0.29, 0.717) is 0 Å². The van der Waals surface area contributed by atoms with E-state index in [4.69, 9.17) is 11.6 Å². The zero-order valence-corrected chi connectivity index (χ0v) is 11.1. The topological polar surface area (TPSA) is 37.3 Å². The van der Waals surface area contributed by atoms with Crippen LogP contribution in [0.4, 0.5) is 5.13 Å². The number of aromatic nitrogens is 1. The van der Waals surface area contributed by atoms with Gasteiger partial charge in [-0.2, -0.15) is 5.10 Å². The first kappa shape index (κ1) is 12.1. The summed E-state index contributed by atoms with van der Waals surface area (Å²) in [5.74, 6) is 0. The average molecular weight is 266 g/mol. The summed E-state index contributed by atoms with van der Waals surface area (Å²) in [6.07, 6.45) is 1.77. The fourth-order valence-corrected chi connectivity index (χ4v) is 2.21. The molecular formula is C12H12ClN3S. The van der Waals surface area contributed by atoms with E-state index in [1.54, 1.807) is 6.21 Å². The predicted octanol–water partition coefficient (Wildman–Crippen LogP) is 3.86. The Labute approximate surface area is 109 Å². The van der Waals surface area contributed by atoms with E-state index in [9.17, 15) is 0 Å². The van der Waals surface area contributed by atoms with Crippen LogP contribution < -0.4 is 5.43 Å². The fourth-order valence-electron chi connectivity index (χ4n) is 1.35. The SMILES string of the molecule is Cc1csc(NN=Cc2ccc(Cl)cc2C)n1. The lowest BCUT2D eigenvalue weighted by molar-refractivity contribution is 1.22. The number of nitrogens with one attached hydrogen (secondary N) is 1. The maximum absolute atomic E-state index is 5.88. The number of hydrogen-bond acceptors (Lipinski definition) is 4. The molecule has 2 aromatic rings. The van der Waals surface area contributed by atoms with E-state index in [1.165, 1.54) is 11.3 Å². The monoisotopic (exact) mass is 265 g/mol. The molecule has 0 atom stereocenters. The number of rotatable bonds is 3. The molecule has 0 fully saturated rings. The quantitative estimate of drug-likeness (QED) is 0.676. The molecule has 0 saturated heterocycles. The minimum Gasteiger partial charge on any atom is -0.253 e. The molecular weight excluding hydrogens is 254 g/mol. The molecule has 0 aliphatic carbocycles. The highest BCUT2D eigenvalue weighted by Crippen LogP contribution is 2.15. The molecule has 1 heterocycles. The highest BCUT2D eigenvalue weighted by Gasteiger charge is 1.97. The molecule has 0 saturated carbocycles. The van der Waals surface area contributed by atoms with Crippen molar-refractivity contribution in [2.45, 2.75) is 13.8 Å². The summed E-state index contributed by atoms with van der Waals surface area (Å²) in [4.78, 5) is 4.25. The highest BCUT2D eigenvalue weighted by atomic mass is 35.5. The second-order valence-electron chi connectivity index (χ2n) is 3.66. The maximum Gasteiger partial charge on any atom is 0.203 e. The van der Waals surface area contributed by atoms with Gasteiger partial charge in [-0.05, 0) is 37.1 Å². The lowest BCUT2D eigenvalue weighted by Crippen LogP contribution is -1.92. The van der Waals surface area contributed by atoms with E-state index in [1.807, 2.05) is 37.4 Å². The molecule has 0 amide bonds. The Balaban J connectivity index is 2.05. The van der Waals surface area contributed by atoms with Gasteiger partial charge in [0, 0.05) is 10.4 Å². The second kappa shape index (κ2) is 5.29. The van der Waals surface area contributed by atoms with E-state index in [0.717, 1.165) is 27.0 Å². The summed E-state index contributed by atoms with van der Waals surface area (Å²) < 4.78 is 0. The first-order valence-electron chi connectivity index (χ1n) is 5.12. The number of nitrogens with zero attached hydrogens (tertiary/aromatic N) is 2. The molecule has 3 nitrogen and oxygen atoms in total. The molecule has 0 unspecified atom stereocenters. The van der Waals surface area contributed by atoms with Crippen LogP contribution in [-0.4, -0.2) is 11.2 Å². The summed E-state index contributed by atoms with van der Waals surface area (Å²) in [6, 6.07) is 5.70. The molecule has 1 aromatic carbocycles. The van der Waals surface area contributed by atoms with Gasteiger partial charge in [0.2, 0.25) is 5.13 Å². The molecule has 5 heteroatoms. The number of thiazole rings is 1. The largest absolute Gasteiger partial charge is 0.253 e. The number of benzene rings is 1. The molecule has 1 aromatic heterocycles. The van der Waals surface area contributed by atoms with Gasteiger partial charge in [-0.3, -0.25) is 5.43 Å². The Morgan fingerprint density at radius 3 is 2.88 bits per heavy atom. The van der Waals surface area contributed by atoms with Crippen LogP contribution in [0.25, 0.3) is 0 Å². The third kappa shape index (κ3) is 3.28. The smallest absolute Gasteiger partial charge is 0.203 e. The van der Waals surface area contributed by atoms with Gasteiger partial charge < -0.3 is 0 Å². The molecule has 2 rings (SSSR count). The summed E-state index contributed by atoms with van der Waals surface area (Å²) in [5, 5.41) is 7.66. The average Bonchev–Trinajstić information content (AvgIpc) is 2.68. The maximum atomic E-state index is 5.88. The van der Waals surface area contributed by atoms with Gasteiger partial charge in [-0.1, -0.05) is 17.7 Å². The van der Waals surface area contributed by atoms with Crippen LogP contribution in [-0.2, 0) is 0 Å². The van der Waals surface area contributed by atoms with Crippen molar-refractivity contribution in [3.63, 3.8) is 0 Å². The van der Waals surface area contributed by atoms with Gasteiger partial charge >= 0.3 is 0 Å². The minimum absolute atomic E-state index is 0.739. The van der Waals surface area contributed by atoms with Gasteiger partial charge in [0.25, 0.3) is 0 Å². The first-order valence-corrected chi connectivity index (χ1v) is 6.38. The van der Waals surface area contributed by atoms with Crippen LogP contribution in [0.5, 0.6) is 0 Å². The van der Waals surface area contributed by atoms with Gasteiger partial charge in [-0.15, -0.1) is 11.3 Å². The summed E-state index contributed by atoms with van der Waals surface area (Å²) >= 11 is 7.42. The third-order valence-corrected chi connectivity index (χ3v) is 3.31. The molecule has 0 radical (unpaired) electrons. The molecule has 1 N–H and O–H groups in total. The molecule has 0 bridgehead atoms. The second-order valence-corrected chi connectivity index (χ2v) is 4.96. The van der Waals surface area contributed by atoms with E-state index >= 15 is 0 Å². The van der Waals surface area contributed by atoms with Gasteiger partial charge in [-0.25, -0.2) is 4.98 Å². The zero-order chi connectivity index (χ0) is 12.3. The Morgan fingerprint density at radius 2 is 2.24 bits per heavy atom. The number of anilines is 1. The number of hydrogen-bond donors (Lipinski definition) is 1. The molecule has 88 valence electrons. The van der Waals surface area contributed by atoms with Crippen LogP contribution in [0.2, 0.25) is 5.02 Å². The van der Waals surface area contributed by atoms with Crippen LogP contribution in [0, 0.1) is 13.8 Å². The molecule has 17 heavy (non-hydrogen) atoms. The van der Waals surface area contributed by atoms with E-state index in [2.05, 4.69) is 15.5 Å². The van der Waals surface area contributed by atoms with Crippen molar-refractivity contribution in [1.82, 2.24) is 4.98 Å². The Kier molecular flexibility index (Phi) is 3.76. The van der Waals surface area contributed by atoms with Crippen LogP contribution >= 0.6 is 22.9 Å². The van der Waals surface area contributed by atoms with Gasteiger partial charge in [0.15, 0.2) is 0 Å². The number of aryl methyl sites for hydroxylation is 2. The molecule has 0 aliphatic rings. The third-order valence-electron chi connectivity index (χ3n) is 2.21. The highest BCUT2D eigenvalue weighted by molar-refractivity contribution is 7.13. The predicted molar refractivity (Wildman–Crippen MR) is 74.3 cm³/mol. The van der Waals surface area contributed by atoms with Crippen molar-refractivity contribution in [2.24, 2.45) is 5.10 Å². The number of halogens is 1. The van der Waals surface area contributed by atoms with Crippen molar-refractivity contribution >= 4 is 34.3 Å². The Hall–Kier alpha value is -1.39. The summed E-state index contributed by atoms with van der Waals surface area (Å²) in [7, 11) is 0. The minimum atomic E-state index is 0.739. The van der Waals surface area contributed by atoms with E-state index in [-0.39, 0.29) is 0 Å². The van der Waals surface area contributed by atoms with Crippen molar-refractivity contribution in [3.8, 4) is 0 Å². The molecule has 0 spiro atoms. The fraction of sp³-hybridized carbons (Fsp3) is 0.167. The number of hydrazone groups is 1. The van der Waals surface area contributed by atoms with E-state index < -0.39 is 0 Å². The summed E-state index contributed by atoms with van der Waals surface area (Å²) in [6.45, 7) is 3.95. The molecule has 0 aliphatic heterocycles. The van der Waals surface area contributed by atoms with Crippen molar-refractivity contribution < 1.29 is 0 Å². The zero-order valence-electron chi connectivity index (χ0n) is 9.57. The standard InChI is InChI=1S/C12H12ClN3S/c1-8-5-11(13)4-3-10(8)6-14-16-12-15-9(2)7-17-12/h3-7H,1-2H3,(H,15,16). The van der Waals surface area contributed by atoms with Crippen LogP contribution in [0.3, 0.4) is 0 Å². The van der Waals surface area contributed by atoms with Crippen LogP contribution in [0.15, 0.2) is 28.7 Å². The Bertz CT molecular complexity index is 548.